The molecular formula is C12H13N. The molecule has 0 aromatic heterocycles. The van der Waals surface area contributed by atoms with Crippen molar-refractivity contribution in [2.45, 2.75) is 6.42 Å². The Hall–Kier alpha value is -1.50. The van der Waals surface area contributed by atoms with Gasteiger partial charge in [0, 0.05) is 18.4 Å². The number of allylic oxidation sites excluding steroid dienone is 1. The molecule has 0 amide bonds. The van der Waals surface area contributed by atoms with Gasteiger partial charge in [-0.1, -0.05) is 30.4 Å². The molecule has 0 atom stereocenters. The van der Waals surface area contributed by atoms with Gasteiger partial charge < -0.3 is 4.90 Å². The van der Waals surface area contributed by atoms with Crippen molar-refractivity contribution in [3.05, 3.63) is 54.8 Å². The lowest BCUT2D eigenvalue weighted by atomic mass is 10.1. The van der Waals surface area contributed by atoms with Crippen LogP contribution in [0.3, 0.4) is 0 Å². The van der Waals surface area contributed by atoms with E-state index in [0.29, 0.717) is 0 Å². The molecule has 0 saturated carbocycles. The second kappa shape index (κ2) is 3.48. The van der Waals surface area contributed by atoms with Crippen molar-refractivity contribution in [2.24, 2.45) is 0 Å². The van der Waals surface area contributed by atoms with Crippen LogP contribution in [0.15, 0.2) is 49.2 Å². The van der Waals surface area contributed by atoms with Gasteiger partial charge in [0.05, 0.1) is 0 Å². The predicted octanol–water partition coefficient (Wildman–Crippen LogP) is 2.75. The molecule has 0 saturated heterocycles. The van der Waals surface area contributed by atoms with Crippen LogP contribution in [0.5, 0.6) is 0 Å². The van der Waals surface area contributed by atoms with Crippen LogP contribution < -0.4 is 4.90 Å². The van der Waals surface area contributed by atoms with Crippen LogP contribution in [0.1, 0.15) is 5.56 Å². The van der Waals surface area contributed by atoms with Crippen LogP contribution in [0.4, 0.5) is 5.69 Å². The number of hydrogen-bond acceptors (Lipinski definition) is 1. The van der Waals surface area contributed by atoms with Crippen molar-refractivity contribution in [2.75, 3.05) is 11.4 Å². The number of anilines is 1. The fourth-order valence-electron chi connectivity index (χ4n) is 1.65. The molecule has 0 aliphatic carbocycles. The first-order chi connectivity index (χ1) is 6.42. The number of para-hydroxylation sites is 1. The van der Waals surface area contributed by atoms with Crippen LogP contribution in [0.2, 0.25) is 0 Å². The van der Waals surface area contributed by atoms with E-state index in [-0.39, 0.29) is 0 Å². The maximum absolute atomic E-state index is 3.75. The number of rotatable bonds is 2. The Morgan fingerprint density at radius 1 is 1.38 bits per heavy atom. The van der Waals surface area contributed by atoms with Gasteiger partial charge in [-0.2, -0.15) is 0 Å². The van der Waals surface area contributed by atoms with Gasteiger partial charge in [0.15, 0.2) is 0 Å². The van der Waals surface area contributed by atoms with E-state index in [1.807, 2.05) is 6.08 Å². The van der Waals surface area contributed by atoms with Gasteiger partial charge in [0.2, 0.25) is 0 Å². The Kier molecular flexibility index (Phi) is 2.17. The molecule has 66 valence electrons. The maximum atomic E-state index is 3.75. The van der Waals surface area contributed by atoms with Crippen molar-refractivity contribution in [3.63, 3.8) is 0 Å². The van der Waals surface area contributed by atoms with Gasteiger partial charge in [-0.25, -0.2) is 0 Å². The van der Waals surface area contributed by atoms with Crippen molar-refractivity contribution >= 4 is 5.69 Å². The summed E-state index contributed by atoms with van der Waals surface area (Å²) in [6.45, 7) is 4.63. The molecule has 0 bridgehead atoms. The summed E-state index contributed by atoms with van der Waals surface area (Å²) < 4.78 is 0. The third kappa shape index (κ3) is 1.50. The minimum Gasteiger partial charge on any atom is -0.344 e. The number of nitrogens with zero attached hydrogens (tertiary/aromatic N) is 1. The second-order valence-corrected chi connectivity index (χ2v) is 3.16. The Bertz CT molecular complexity index is 339. The highest BCUT2D eigenvalue weighted by atomic mass is 15.1. The summed E-state index contributed by atoms with van der Waals surface area (Å²) in [5, 5.41) is 0. The van der Waals surface area contributed by atoms with Crippen LogP contribution >= 0.6 is 0 Å². The maximum Gasteiger partial charge on any atom is 0.0444 e. The van der Waals surface area contributed by atoms with Crippen LogP contribution in [0.25, 0.3) is 0 Å². The van der Waals surface area contributed by atoms with Crippen molar-refractivity contribution in [1.82, 2.24) is 0 Å². The Labute approximate surface area is 79.0 Å². The van der Waals surface area contributed by atoms with E-state index < -0.39 is 0 Å². The molecule has 0 unspecified atom stereocenters. The highest BCUT2D eigenvalue weighted by Crippen LogP contribution is 2.24. The normalized spacial score (nSPS) is 14.0. The van der Waals surface area contributed by atoms with Gasteiger partial charge in [-0.3, -0.25) is 0 Å². The minimum atomic E-state index is 0.882. The van der Waals surface area contributed by atoms with Gasteiger partial charge in [-0.05, 0) is 18.1 Å². The van der Waals surface area contributed by atoms with E-state index in [1.54, 1.807) is 0 Å². The molecule has 1 aliphatic rings. The number of hydrogen-bond donors (Lipinski definition) is 0. The molecule has 0 fully saturated rings. The Morgan fingerprint density at radius 3 is 3.08 bits per heavy atom. The Balaban J connectivity index is 2.36. The second-order valence-electron chi connectivity index (χ2n) is 3.16. The SMILES string of the molecule is C=CCN1C=CCc2ccccc21. The van der Waals surface area contributed by atoms with Gasteiger partial charge in [-0.15, -0.1) is 6.58 Å². The van der Waals surface area contributed by atoms with E-state index in [0.717, 1.165) is 13.0 Å². The lowest BCUT2D eigenvalue weighted by Gasteiger charge is -2.24. The molecule has 13 heavy (non-hydrogen) atoms. The van der Waals surface area contributed by atoms with Gasteiger partial charge >= 0.3 is 0 Å². The summed E-state index contributed by atoms with van der Waals surface area (Å²) in [7, 11) is 0. The zero-order valence-electron chi connectivity index (χ0n) is 7.61. The fraction of sp³-hybridized carbons (Fsp3) is 0.167. The summed E-state index contributed by atoms with van der Waals surface area (Å²) in [6, 6.07) is 8.50. The quantitative estimate of drug-likeness (QED) is 0.618. The third-order valence-corrected chi connectivity index (χ3v) is 2.25. The summed E-state index contributed by atoms with van der Waals surface area (Å²) in [5.74, 6) is 0. The standard InChI is InChI=1S/C12H13N/c1-2-9-13-10-5-7-11-6-3-4-8-12(11)13/h2-6,8,10H,1,7,9H2. The highest BCUT2D eigenvalue weighted by Gasteiger charge is 2.09. The molecule has 1 nitrogen and oxygen atoms in total. The van der Waals surface area contributed by atoms with E-state index in [2.05, 4.69) is 48.0 Å². The zero-order chi connectivity index (χ0) is 9.10. The summed E-state index contributed by atoms with van der Waals surface area (Å²) in [4.78, 5) is 2.21. The fourth-order valence-corrected chi connectivity index (χ4v) is 1.65. The first kappa shape index (κ1) is 8.11. The molecule has 1 aromatic rings. The number of benzene rings is 1. The molecule has 1 aromatic carbocycles. The number of fused-ring (bicyclic) bond motifs is 1. The van der Waals surface area contributed by atoms with E-state index in [4.69, 9.17) is 0 Å². The molecule has 0 radical (unpaired) electrons. The first-order valence-corrected chi connectivity index (χ1v) is 4.54. The monoisotopic (exact) mass is 171 g/mol. The van der Waals surface area contributed by atoms with Crippen molar-refractivity contribution < 1.29 is 0 Å². The lowest BCUT2D eigenvalue weighted by Crippen LogP contribution is -2.19. The molecule has 2 rings (SSSR count). The summed E-state index contributed by atoms with van der Waals surface area (Å²) in [6.07, 6.45) is 7.28. The minimum absolute atomic E-state index is 0.882. The zero-order valence-corrected chi connectivity index (χ0v) is 7.61. The topological polar surface area (TPSA) is 3.24 Å². The van der Waals surface area contributed by atoms with Crippen LogP contribution in [0, 0.1) is 0 Å². The first-order valence-electron chi connectivity index (χ1n) is 4.54. The predicted molar refractivity (Wildman–Crippen MR) is 56.8 cm³/mol. The average Bonchev–Trinajstić information content (AvgIpc) is 2.19. The molecule has 1 heterocycles. The molecule has 1 heteroatoms. The highest BCUT2D eigenvalue weighted by molar-refractivity contribution is 5.59. The van der Waals surface area contributed by atoms with E-state index >= 15 is 0 Å². The largest absolute Gasteiger partial charge is 0.344 e. The average molecular weight is 171 g/mol. The van der Waals surface area contributed by atoms with Crippen molar-refractivity contribution in [3.8, 4) is 0 Å². The van der Waals surface area contributed by atoms with Crippen LogP contribution in [-0.2, 0) is 6.42 Å². The molecule has 1 aliphatic heterocycles. The Morgan fingerprint density at radius 2 is 2.23 bits per heavy atom. The molecule has 0 N–H and O–H groups in total. The molecular weight excluding hydrogens is 158 g/mol. The van der Waals surface area contributed by atoms with E-state index in [9.17, 15) is 0 Å². The van der Waals surface area contributed by atoms with Crippen LogP contribution in [-0.4, -0.2) is 6.54 Å². The lowest BCUT2D eigenvalue weighted by molar-refractivity contribution is 1.02. The molecule has 0 spiro atoms. The van der Waals surface area contributed by atoms with Gasteiger partial charge in [0.25, 0.3) is 0 Å². The summed E-state index contributed by atoms with van der Waals surface area (Å²) in [5.41, 5.74) is 2.71. The van der Waals surface area contributed by atoms with Crippen molar-refractivity contribution in [1.29, 1.82) is 0 Å². The summed E-state index contributed by atoms with van der Waals surface area (Å²) >= 11 is 0. The van der Waals surface area contributed by atoms with E-state index in [1.165, 1.54) is 11.3 Å². The van der Waals surface area contributed by atoms with Gasteiger partial charge in [0.1, 0.15) is 0 Å². The smallest absolute Gasteiger partial charge is 0.0444 e. The third-order valence-electron chi connectivity index (χ3n) is 2.25.